The van der Waals surface area contributed by atoms with Gasteiger partial charge in [0.2, 0.25) is 0 Å². The summed E-state index contributed by atoms with van der Waals surface area (Å²) in [5, 5.41) is 0. The van der Waals surface area contributed by atoms with Crippen LogP contribution in [0.5, 0.6) is 0 Å². The van der Waals surface area contributed by atoms with Crippen molar-refractivity contribution in [3.63, 3.8) is 0 Å². The first-order valence-electron chi connectivity index (χ1n) is 7.21. The zero-order valence-electron chi connectivity index (χ0n) is 11.7. The van der Waals surface area contributed by atoms with Crippen molar-refractivity contribution < 1.29 is 0 Å². The van der Waals surface area contributed by atoms with Gasteiger partial charge in [-0.25, -0.2) is 4.98 Å². The van der Waals surface area contributed by atoms with Gasteiger partial charge in [0, 0.05) is 37.6 Å². The lowest BCUT2D eigenvalue weighted by Gasteiger charge is -2.45. The summed E-state index contributed by atoms with van der Waals surface area (Å²) in [6.07, 6.45) is 8.82. The fourth-order valence-corrected chi connectivity index (χ4v) is 3.02. The van der Waals surface area contributed by atoms with Crippen molar-refractivity contribution in [1.82, 2.24) is 14.5 Å². The second-order valence-electron chi connectivity index (χ2n) is 5.34. The molecular weight excluding hydrogens is 224 g/mol. The third-order valence-corrected chi connectivity index (χ3v) is 4.45. The molecule has 0 fully saturated rings. The van der Waals surface area contributed by atoms with E-state index in [1.54, 1.807) is 0 Å². The average molecular weight is 250 g/mol. The lowest BCUT2D eigenvalue weighted by Crippen LogP contribution is -2.55. The lowest BCUT2D eigenvalue weighted by molar-refractivity contribution is 0.0500. The first-order valence-corrected chi connectivity index (χ1v) is 7.21. The van der Waals surface area contributed by atoms with Crippen molar-refractivity contribution in [2.45, 2.75) is 58.2 Å². The molecule has 2 heterocycles. The number of hydrogen-bond acceptors (Lipinski definition) is 3. The Kier molecular flexibility index (Phi) is 4.40. The molecule has 102 valence electrons. The highest BCUT2D eigenvalue weighted by Gasteiger charge is 2.35. The van der Waals surface area contributed by atoms with Crippen molar-refractivity contribution in [2.75, 3.05) is 13.1 Å². The number of fused-ring (bicyclic) bond motifs is 1. The summed E-state index contributed by atoms with van der Waals surface area (Å²) in [7, 11) is 0. The van der Waals surface area contributed by atoms with Crippen LogP contribution in [0.3, 0.4) is 0 Å². The van der Waals surface area contributed by atoms with Gasteiger partial charge in [0.05, 0.1) is 6.54 Å². The topological polar surface area (TPSA) is 47.1 Å². The Morgan fingerprint density at radius 1 is 1.39 bits per heavy atom. The first-order chi connectivity index (χ1) is 8.75. The molecule has 0 amide bonds. The van der Waals surface area contributed by atoms with E-state index in [9.17, 15) is 0 Å². The summed E-state index contributed by atoms with van der Waals surface area (Å²) in [5.74, 6) is 1.18. The quantitative estimate of drug-likeness (QED) is 0.840. The van der Waals surface area contributed by atoms with Gasteiger partial charge in [-0.05, 0) is 12.8 Å². The standard InChI is InChI=1S/C14H26N4/c1-3-5-6-14(4-2,12-15)18-10-9-17-8-7-16-13(17)11-18/h7-8H,3-6,9-12,15H2,1-2H3. The lowest BCUT2D eigenvalue weighted by atomic mass is 9.87. The molecule has 1 aliphatic rings. The maximum Gasteiger partial charge on any atom is 0.122 e. The van der Waals surface area contributed by atoms with E-state index in [2.05, 4.69) is 34.5 Å². The summed E-state index contributed by atoms with van der Waals surface area (Å²) >= 11 is 0. The maximum absolute atomic E-state index is 6.12. The molecule has 0 radical (unpaired) electrons. The molecule has 4 heteroatoms. The van der Waals surface area contributed by atoms with Crippen LogP contribution in [-0.4, -0.2) is 33.1 Å². The highest BCUT2D eigenvalue weighted by Crippen LogP contribution is 2.28. The van der Waals surface area contributed by atoms with E-state index in [4.69, 9.17) is 5.73 Å². The van der Waals surface area contributed by atoms with E-state index in [0.29, 0.717) is 0 Å². The predicted octanol–water partition coefficient (Wildman–Crippen LogP) is 2.00. The van der Waals surface area contributed by atoms with E-state index in [1.165, 1.54) is 25.1 Å². The van der Waals surface area contributed by atoms with E-state index in [1.807, 2.05) is 6.20 Å². The fraction of sp³-hybridized carbons (Fsp3) is 0.786. The van der Waals surface area contributed by atoms with E-state index >= 15 is 0 Å². The molecule has 1 atom stereocenters. The summed E-state index contributed by atoms with van der Waals surface area (Å²) in [4.78, 5) is 7.01. The molecule has 0 aromatic carbocycles. The van der Waals surface area contributed by atoms with Gasteiger partial charge in [-0.3, -0.25) is 4.90 Å². The Bertz CT molecular complexity index is 368. The molecule has 0 saturated heterocycles. The SMILES string of the molecule is CCCCC(CC)(CN)N1CCn2ccnc2C1. The van der Waals surface area contributed by atoms with Crippen molar-refractivity contribution in [1.29, 1.82) is 0 Å². The third kappa shape index (κ3) is 2.45. The Morgan fingerprint density at radius 2 is 2.22 bits per heavy atom. The number of rotatable bonds is 6. The van der Waals surface area contributed by atoms with Crippen molar-refractivity contribution >= 4 is 0 Å². The molecule has 18 heavy (non-hydrogen) atoms. The molecule has 2 N–H and O–H groups in total. The minimum absolute atomic E-state index is 0.174. The van der Waals surface area contributed by atoms with Crippen LogP contribution in [0.4, 0.5) is 0 Å². The van der Waals surface area contributed by atoms with Crippen molar-refractivity contribution in [2.24, 2.45) is 5.73 Å². The predicted molar refractivity (Wildman–Crippen MR) is 74.2 cm³/mol. The largest absolute Gasteiger partial charge is 0.333 e. The molecule has 1 unspecified atom stereocenters. The monoisotopic (exact) mass is 250 g/mol. The normalized spacial score (nSPS) is 19.5. The number of nitrogens with zero attached hydrogens (tertiary/aromatic N) is 3. The van der Waals surface area contributed by atoms with Crippen LogP contribution in [0, 0.1) is 0 Å². The molecule has 0 saturated carbocycles. The fourth-order valence-electron chi connectivity index (χ4n) is 3.02. The molecule has 4 nitrogen and oxygen atoms in total. The summed E-state index contributed by atoms with van der Waals surface area (Å²) in [6, 6.07) is 0. The van der Waals surface area contributed by atoms with Crippen molar-refractivity contribution in [3.8, 4) is 0 Å². The molecule has 1 aliphatic heterocycles. The van der Waals surface area contributed by atoms with E-state index in [-0.39, 0.29) is 5.54 Å². The second kappa shape index (κ2) is 5.85. The average Bonchev–Trinajstić information content (AvgIpc) is 2.88. The molecule has 2 rings (SSSR count). The Morgan fingerprint density at radius 3 is 2.89 bits per heavy atom. The molecule has 1 aromatic heterocycles. The molecule has 0 bridgehead atoms. The Labute approximate surface area is 110 Å². The summed E-state index contributed by atoms with van der Waals surface area (Å²) in [6.45, 7) is 8.36. The minimum Gasteiger partial charge on any atom is -0.333 e. The smallest absolute Gasteiger partial charge is 0.122 e. The zero-order valence-corrected chi connectivity index (χ0v) is 11.7. The number of imidazole rings is 1. The van der Waals surface area contributed by atoms with Crippen LogP contribution in [0.1, 0.15) is 45.4 Å². The van der Waals surface area contributed by atoms with Crippen LogP contribution < -0.4 is 5.73 Å². The van der Waals surface area contributed by atoms with Crippen LogP contribution in [0.25, 0.3) is 0 Å². The van der Waals surface area contributed by atoms with Gasteiger partial charge in [-0.2, -0.15) is 0 Å². The minimum atomic E-state index is 0.174. The van der Waals surface area contributed by atoms with Crippen LogP contribution in [0.15, 0.2) is 12.4 Å². The third-order valence-electron chi connectivity index (χ3n) is 4.45. The Balaban J connectivity index is 2.12. The molecule has 1 aromatic rings. The van der Waals surface area contributed by atoms with E-state index < -0.39 is 0 Å². The zero-order chi connectivity index (χ0) is 13.0. The molecule has 0 aliphatic carbocycles. The highest BCUT2D eigenvalue weighted by molar-refractivity contribution is 5.00. The van der Waals surface area contributed by atoms with Gasteiger partial charge in [-0.15, -0.1) is 0 Å². The maximum atomic E-state index is 6.12. The van der Waals surface area contributed by atoms with Gasteiger partial charge in [0.25, 0.3) is 0 Å². The second-order valence-corrected chi connectivity index (χ2v) is 5.34. The number of hydrogen-bond donors (Lipinski definition) is 1. The number of aromatic nitrogens is 2. The number of nitrogens with two attached hydrogens (primary N) is 1. The van der Waals surface area contributed by atoms with Gasteiger partial charge in [0.15, 0.2) is 0 Å². The van der Waals surface area contributed by atoms with Gasteiger partial charge < -0.3 is 10.3 Å². The van der Waals surface area contributed by atoms with Crippen LogP contribution >= 0.6 is 0 Å². The van der Waals surface area contributed by atoms with E-state index in [0.717, 1.165) is 32.6 Å². The van der Waals surface area contributed by atoms with Crippen LogP contribution in [0.2, 0.25) is 0 Å². The van der Waals surface area contributed by atoms with Crippen molar-refractivity contribution in [3.05, 3.63) is 18.2 Å². The molecule has 0 spiro atoms. The summed E-state index contributed by atoms with van der Waals surface area (Å²) in [5.41, 5.74) is 6.29. The Hall–Kier alpha value is -0.870. The highest BCUT2D eigenvalue weighted by atomic mass is 15.3. The number of unbranched alkanes of at least 4 members (excludes halogenated alkanes) is 1. The van der Waals surface area contributed by atoms with Crippen LogP contribution in [-0.2, 0) is 13.1 Å². The molecular formula is C14H26N4. The first kappa shape index (κ1) is 13.6. The van der Waals surface area contributed by atoms with Gasteiger partial charge in [0.1, 0.15) is 5.82 Å². The summed E-state index contributed by atoms with van der Waals surface area (Å²) < 4.78 is 2.26. The van der Waals surface area contributed by atoms with Gasteiger partial charge >= 0.3 is 0 Å². The van der Waals surface area contributed by atoms with Gasteiger partial charge in [-0.1, -0.05) is 26.7 Å².